The lowest BCUT2D eigenvalue weighted by molar-refractivity contribution is 0.309. The zero-order chi connectivity index (χ0) is 14.2. The zero-order valence-corrected chi connectivity index (χ0v) is 13.0. The van der Waals surface area contributed by atoms with Gasteiger partial charge in [0, 0.05) is 12.0 Å². The Kier molecular flexibility index (Phi) is 3.74. The van der Waals surface area contributed by atoms with Crippen molar-refractivity contribution in [2.75, 3.05) is 13.1 Å². The average Bonchev–Trinajstić information content (AvgIpc) is 2.81. The first-order valence-electron chi connectivity index (χ1n) is 7.51. The van der Waals surface area contributed by atoms with Crippen LogP contribution in [-0.2, 0) is 12.0 Å². The SMILES string of the molecule is CCCn1c(C2(C)CCNCC2)nc2cccc(Cl)c21. The summed E-state index contributed by atoms with van der Waals surface area (Å²) in [6.07, 6.45) is 3.37. The van der Waals surface area contributed by atoms with Gasteiger partial charge >= 0.3 is 0 Å². The maximum Gasteiger partial charge on any atom is 0.115 e. The number of piperidine rings is 1. The van der Waals surface area contributed by atoms with Crippen LogP contribution in [-0.4, -0.2) is 22.6 Å². The lowest BCUT2D eigenvalue weighted by Crippen LogP contribution is -2.39. The summed E-state index contributed by atoms with van der Waals surface area (Å²) in [4.78, 5) is 4.94. The van der Waals surface area contributed by atoms with Crippen LogP contribution in [0.15, 0.2) is 18.2 Å². The van der Waals surface area contributed by atoms with E-state index < -0.39 is 0 Å². The molecule has 3 nitrogen and oxygen atoms in total. The van der Waals surface area contributed by atoms with Crippen molar-refractivity contribution in [1.29, 1.82) is 0 Å². The van der Waals surface area contributed by atoms with Crippen molar-refractivity contribution in [3.8, 4) is 0 Å². The molecule has 0 radical (unpaired) electrons. The molecule has 0 spiro atoms. The number of aryl methyl sites for hydroxylation is 1. The number of nitrogens with zero attached hydrogens (tertiary/aromatic N) is 2. The van der Waals surface area contributed by atoms with Gasteiger partial charge in [0.25, 0.3) is 0 Å². The van der Waals surface area contributed by atoms with E-state index in [0.29, 0.717) is 0 Å². The maximum absolute atomic E-state index is 6.42. The van der Waals surface area contributed by atoms with Gasteiger partial charge < -0.3 is 9.88 Å². The molecule has 2 aromatic rings. The van der Waals surface area contributed by atoms with Crippen molar-refractivity contribution >= 4 is 22.6 Å². The first kappa shape index (κ1) is 13.9. The van der Waals surface area contributed by atoms with Gasteiger partial charge in [0.1, 0.15) is 5.82 Å². The second kappa shape index (κ2) is 5.38. The highest BCUT2D eigenvalue weighted by Crippen LogP contribution is 2.36. The number of aromatic nitrogens is 2. The third kappa shape index (κ3) is 2.23. The summed E-state index contributed by atoms with van der Waals surface area (Å²) in [5, 5.41) is 4.26. The van der Waals surface area contributed by atoms with Gasteiger partial charge in [0.05, 0.1) is 16.1 Å². The van der Waals surface area contributed by atoms with Crippen LogP contribution < -0.4 is 5.32 Å². The van der Waals surface area contributed by atoms with Crippen molar-refractivity contribution in [2.24, 2.45) is 0 Å². The number of imidazole rings is 1. The van der Waals surface area contributed by atoms with Gasteiger partial charge in [-0.25, -0.2) is 4.98 Å². The van der Waals surface area contributed by atoms with Crippen LogP contribution in [0.25, 0.3) is 11.0 Å². The monoisotopic (exact) mass is 291 g/mol. The third-order valence-corrected chi connectivity index (χ3v) is 4.72. The van der Waals surface area contributed by atoms with E-state index in [9.17, 15) is 0 Å². The van der Waals surface area contributed by atoms with Gasteiger partial charge in [-0.2, -0.15) is 0 Å². The molecule has 1 aromatic heterocycles. The smallest absolute Gasteiger partial charge is 0.115 e. The Morgan fingerprint density at radius 1 is 1.35 bits per heavy atom. The highest BCUT2D eigenvalue weighted by molar-refractivity contribution is 6.35. The van der Waals surface area contributed by atoms with Crippen molar-refractivity contribution in [3.05, 3.63) is 29.0 Å². The Balaban J connectivity index is 2.19. The second-order valence-corrected chi connectivity index (χ2v) is 6.41. The lowest BCUT2D eigenvalue weighted by Gasteiger charge is -2.34. The Morgan fingerprint density at radius 2 is 2.10 bits per heavy atom. The molecule has 20 heavy (non-hydrogen) atoms. The van der Waals surface area contributed by atoms with Crippen molar-refractivity contribution in [3.63, 3.8) is 0 Å². The minimum absolute atomic E-state index is 0.156. The number of para-hydroxylation sites is 1. The Bertz CT molecular complexity index is 611. The molecule has 108 valence electrons. The molecule has 0 bridgehead atoms. The van der Waals surface area contributed by atoms with E-state index >= 15 is 0 Å². The molecule has 0 amide bonds. The molecule has 1 aliphatic heterocycles. The molecule has 1 N–H and O–H groups in total. The standard InChI is InChI=1S/C16H22ClN3/c1-3-11-20-14-12(17)5-4-6-13(14)19-15(20)16(2)7-9-18-10-8-16/h4-6,18H,3,7-11H2,1-2H3. The van der Waals surface area contributed by atoms with Gasteiger partial charge in [0.2, 0.25) is 0 Å². The summed E-state index contributed by atoms with van der Waals surface area (Å²) in [7, 11) is 0. The quantitative estimate of drug-likeness (QED) is 0.933. The Hall–Kier alpha value is -1.06. The molecule has 2 heterocycles. The van der Waals surface area contributed by atoms with Gasteiger partial charge in [-0.3, -0.25) is 0 Å². The summed E-state index contributed by atoms with van der Waals surface area (Å²) in [6, 6.07) is 6.02. The molecule has 0 unspecified atom stereocenters. The van der Waals surface area contributed by atoms with E-state index in [4.69, 9.17) is 16.6 Å². The molecule has 4 heteroatoms. The normalized spacial score (nSPS) is 18.6. The topological polar surface area (TPSA) is 29.9 Å². The molecule has 0 aliphatic carbocycles. The lowest BCUT2D eigenvalue weighted by atomic mass is 9.80. The van der Waals surface area contributed by atoms with Gasteiger partial charge in [-0.05, 0) is 44.5 Å². The van der Waals surface area contributed by atoms with Gasteiger partial charge in [-0.1, -0.05) is 31.5 Å². The fourth-order valence-corrected chi connectivity index (χ4v) is 3.52. The molecule has 1 aliphatic rings. The van der Waals surface area contributed by atoms with Crippen LogP contribution >= 0.6 is 11.6 Å². The minimum atomic E-state index is 0.156. The summed E-state index contributed by atoms with van der Waals surface area (Å²) in [5.41, 5.74) is 2.29. The van der Waals surface area contributed by atoms with E-state index in [1.807, 2.05) is 12.1 Å². The molecule has 1 aromatic carbocycles. The third-order valence-electron chi connectivity index (χ3n) is 4.41. The predicted molar refractivity (Wildman–Crippen MR) is 84.5 cm³/mol. The zero-order valence-electron chi connectivity index (χ0n) is 12.2. The molecule has 1 fully saturated rings. The summed E-state index contributed by atoms with van der Waals surface area (Å²) in [5.74, 6) is 1.21. The number of benzene rings is 1. The van der Waals surface area contributed by atoms with Crippen LogP contribution in [0.1, 0.15) is 38.9 Å². The van der Waals surface area contributed by atoms with Crippen molar-refractivity contribution in [2.45, 2.75) is 45.1 Å². The van der Waals surface area contributed by atoms with E-state index in [1.54, 1.807) is 0 Å². The van der Waals surface area contributed by atoms with Gasteiger partial charge in [-0.15, -0.1) is 0 Å². The van der Waals surface area contributed by atoms with E-state index in [2.05, 4.69) is 29.8 Å². The largest absolute Gasteiger partial charge is 0.326 e. The second-order valence-electron chi connectivity index (χ2n) is 6.01. The summed E-state index contributed by atoms with van der Waals surface area (Å²) >= 11 is 6.42. The minimum Gasteiger partial charge on any atom is -0.326 e. The Labute approximate surface area is 125 Å². The van der Waals surface area contributed by atoms with Crippen molar-refractivity contribution in [1.82, 2.24) is 14.9 Å². The number of fused-ring (bicyclic) bond motifs is 1. The fourth-order valence-electron chi connectivity index (χ4n) is 3.25. The first-order valence-corrected chi connectivity index (χ1v) is 7.89. The number of rotatable bonds is 3. The number of hydrogen-bond acceptors (Lipinski definition) is 2. The van der Waals surface area contributed by atoms with Crippen LogP contribution in [0.4, 0.5) is 0 Å². The highest BCUT2D eigenvalue weighted by Gasteiger charge is 2.34. The Morgan fingerprint density at radius 3 is 2.80 bits per heavy atom. The molecular weight excluding hydrogens is 270 g/mol. The van der Waals surface area contributed by atoms with E-state index in [1.165, 1.54) is 5.82 Å². The van der Waals surface area contributed by atoms with E-state index in [0.717, 1.165) is 55.0 Å². The van der Waals surface area contributed by atoms with Crippen molar-refractivity contribution < 1.29 is 0 Å². The van der Waals surface area contributed by atoms with Gasteiger partial charge in [0.15, 0.2) is 0 Å². The van der Waals surface area contributed by atoms with Crippen LogP contribution in [0.3, 0.4) is 0 Å². The number of halogens is 1. The van der Waals surface area contributed by atoms with Crippen LogP contribution in [0.5, 0.6) is 0 Å². The molecule has 0 atom stereocenters. The van der Waals surface area contributed by atoms with Crippen LogP contribution in [0, 0.1) is 0 Å². The molecular formula is C16H22ClN3. The number of hydrogen-bond donors (Lipinski definition) is 1. The van der Waals surface area contributed by atoms with E-state index in [-0.39, 0.29) is 5.41 Å². The fraction of sp³-hybridized carbons (Fsp3) is 0.562. The number of nitrogens with one attached hydrogen (secondary N) is 1. The van der Waals surface area contributed by atoms with Crippen LogP contribution in [0.2, 0.25) is 5.02 Å². The summed E-state index contributed by atoms with van der Waals surface area (Å²) < 4.78 is 2.35. The molecule has 1 saturated heterocycles. The summed E-state index contributed by atoms with van der Waals surface area (Å²) in [6.45, 7) is 7.67. The molecule has 0 saturated carbocycles. The predicted octanol–water partition coefficient (Wildman–Crippen LogP) is 3.74. The average molecular weight is 292 g/mol. The molecule has 3 rings (SSSR count). The maximum atomic E-state index is 6.42. The highest BCUT2D eigenvalue weighted by atomic mass is 35.5. The first-order chi connectivity index (χ1) is 9.65.